The summed E-state index contributed by atoms with van der Waals surface area (Å²) in [6.07, 6.45) is 6.62. The lowest BCUT2D eigenvalue weighted by Crippen LogP contribution is -2.49. The number of aliphatic imine (C=N–C) groups is 1. The zero-order valence-corrected chi connectivity index (χ0v) is 19.3. The maximum atomic E-state index is 13.6. The zero-order chi connectivity index (χ0) is 24.4. The van der Waals surface area contributed by atoms with Gasteiger partial charge in [0.15, 0.2) is 0 Å². The van der Waals surface area contributed by atoms with Crippen LogP contribution in [-0.2, 0) is 5.41 Å². The number of hydrogen-bond donors (Lipinski definition) is 3. The first-order valence-corrected chi connectivity index (χ1v) is 11.3. The number of ether oxygens (including phenoxy) is 1. The van der Waals surface area contributed by atoms with Crippen LogP contribution in [0.5, 0.6) is 5.75 Å². The van der Waals surface area contributed by atoms with Gasteiger partial charge in [-0.2, -0.15) is 5.26 Å². The van der Waals surface area contributed by atoms with Crippen molar-refractivity contribution in [3.05, 3.63) is 78.1 Å². The van der Waals surface area contributed by atoms with Crippen molar-refractivity contribution in [3.63, 3.8) is 0 Å². The van der Waals surface area contributed by atoms with Gasteiger partial charge in [0, 0.05) is 24.5 Å². The summed E-state index contributed by atoms with van der Waals surface area (Å²) in [6, 6.07) is 13.7. The van der Waals surface area contributed by atoms with Crippen molar-refractivity contribution >= 4 is 11.9 Å². The SMILES string of the molecule is C=CCN/C(=N\C#N)N[C@H]1CC[C@](CNC(=O)c2ccccc2OC)(c2ccc(F)cc2)CC1. The van der Waals surface area contributed by atoms with Crippen LogP contribution in [0.4, 0.5) is 4.39 Å². The molecule has 0 aliphatic heterocycles. The Hall–Kier alpha value is -3.86. The molecule has 34 heavy (non-hydrogen) atoms. The highest BCUT2D eigenvalue weighted by atomic mass is 19.1. The van der Waals surface area contributed by atoms with E-state index in [1.54, 1.807) is 42.6 Å². The van der Waals surface area contributed by atoms with Gasteiger partial charge in [0.1, 0.15) is 11.6 Å². The van der Waals surface area contributed by atoms with Crippen LogP contribution >= 0.6 is 0 Å². The first-order valence-electron chi connectivity index (χ1n) is 11.3. The van der Waals surface area contributed by atoms with Gasteiger partial charge in [-0.15, -0.1) is 11.6 Å². The number of rotatable bonds is 8. The standard InChI is InChI=1S/C26H30FN5O2/c1-3-16-29-25(31-18-28)32-21-12-14-26(15-13-21,19-8-10-20(27)11-9-19)17-30-24(33)22-6-4-5-7-23(22)34-2/h3-11,21H,1,12-17H2,2H3,(H,30,33)(H2,29,31,32)/t21-,26-. The summed E-state index contributed by atoms with van der Waals surface area (Å²) in [5.74, 6) is 0.431. The summed E-state index contributed by atoms with van der Waals surface area (Å²) in [7, 11) is 1.54. The maximum Gasteiger partial charge on any atom is 0.255 e. The van der Waals surface area contributed by atoms with Gasteiger partial charge in [-0.25, -0.2) is 4.39 Å². The summed E-state index contributed by atoms with van der Waals surface area (Å²) in [5.41, 5.74) is 1.12. The molecule has 178 valence electrons. The Kier molecular flexibility index (Phi) is 8.63. The molecular weight excluding hydrogens is 433 g/mol. The second-order valence-electron chi connectivity index (χ2n) is 8.32. The third-order valence-corrected chi connectivity index (χ3v) is 6.25. The molecule has 0 saturated heterocycles. The first kappa shape index (κ1) is 24.8. The van der Waals surface area contributed by atoms with Crippen molar-refractivity contribution in [2.24, 2.45) is 4.99 Å². The van der Waals surface area contributed by atoms with Crippen molar-refractivity contribution in [3.8, 4) is 11.9 Å². The Labute approximate surface area is 199 Å². The largest absolute Gasteiger partial charge is 0.496 e. The number of methoxy groups -OCH3 is 1. The number of nitrogens with one attached hydrogen (secondary N) is 3. The Morgan fingerprint density at radius 2 is 1.94 bits per heavy atom. The van der Waals surface area contributed by atoms with Crippen LogP contribution in [0.25, 0.3) is 0 Å². The van der Waals surface area contributed by atoms with Gasteiger partial charge in [-0.1, -0.05) is 30.3 Å². The summed E-state index contributed by atoms with van der Waals surface area (Å²) >= 11 is 0. The summed E-state index contributed by atoms with van der Waals surface area (Å²) < 4.78 is 19.0. The number of benzene rings is 2. The second-order valence-corrected chi connectivity index (χ2v) is 8.32. The van der Waals surface area contributed by atoms with Gasteiger partial charge in [0.2, 0.25) is 12.2 Å². The minimum Gasteiger partial charge on any atom is -0.496 e. The van der Waals surface area contributed by atoms with Crippen LogP contribution in [0, 0.1) is 17.3 Å². The molecule has 0 atom stereocenters. The fourth-order valence-electron chi connectivity index (χ4n) is 4.40. The van der Waals surface area contributed by atoms with Crippen LogP contribution in [0.1, 0.15) is 41.6 Å². The Bertz CT molecular complexity index is 1050. The van der Waals surface area contributed by atoms with E-state index < -0.39 is 0 Å². The van der Waals surface area contributed by atoms with E-state index in [2.05, 4.69) is 27.5 Å². The number of hydrogen-bond acceptors (Lipinski definition) is 4. The molecule has 0 heterocycles. The lowest BCUT2D eigenvalue weighted by molar-refractivity contribution is 0.0932. The summed E-state index contributed by atoms with van der Waals surface area (Å²) in [5, 5.41) is 18.4. The summed E-state index contributed by atoms with van der Waals surface area (Å²) in [4.78, 5) is 16.8. The highest BCUT2D eigenvalue weighted by molar-refractivity contribution is 5.97. The van der Waals surface area contributed by atoms with E-state index >= 15 is 0 Å². The molecule has 0 unspecified atom stereocenters. The Balaban J connectivity index is 1.74. The molecule has 3 N–H and O–H groups in total. The third-order valence-electron chi connectivity index (χ3n) is 6.25. The fraction of sp³-hybridized carbons (Fsp3) is 0.346. The molecule has 1 fully saturated rings. The van der Waals surface area contributed by atoms with Crippen LogP contribution in [0.3, 0.4) is 0 Å². The highest BCUT2D eigenvalue weighted by Crippen LogP contribution is 2.39. The van der Waals surface area contributed by atoms with E-state index in [0.717, 1.165) is 31.2 Å². The molecular formula is C26H30FN5O2. The molecule has 2 aromatic carbocycles. The molecule has 1 amide bonds. The number of amides is 1. The van der Waals surface area contributed by atoms with Crippen molar-refractivity contribution in [1.29, 1.82) is 5.26 Å². The van der Waals surface area contributed by atoms with Crippen molar-refractivity contribution in [2.75, 3.05) is 20.2 Å². The van der Waals surface area contributed by atoms with Crippen molar-refractivity contribution in [1.82, 2.24) is 16.0 Å². The molecule has 1 aliphatic carbocycles. The molecule has 0 aromatic heterocycles. The van der Waals surface area contributed by atoms with Gasteiger partial charge in [-0.3, -0.25) is 4.79 Å². The molecule has 1 saturated carbocycles. The fourth-order valence-corrected chi connectivity index (χ4v) is 4.40. The monoisotopic (exact) mass is 463 g/mol. The number of carbonyl (C=O) groups is 1. The molecule has 8 heteroatoms. The lowest BCUT2D eigenvalue weighted by atomic mass is 9.68. The average molecular weight is 464 g/mol. The number of para-hydroxylation sites is 1. The quantitative estimate of drug-likeness (QED) is 0.240. The number of nitriles is 1. The molecule has 0 bridgehead atoms. The van der Waals surface area contributed by atoms with Crippen molar-refractivity contribution in [2.45, 2.75) is 37.1 Å². The Morgan fingerprint density at radius 3 is 2.59 bits per heavy atom. The van der Waals surface area contributed by atoms with E-state index in [1.165, 1.54) is 19.2 Å². The molecule has 0 radical (unpaired) electrons. The number of guanidine groups is 1. The predicted molar refractivity (Wildman–Crippen MR) is 130 cm³/mol. The lowest BCUT2D eigenvalue weighted by Gasteiger charge is -2.41. The zero-order valence-electron chi connectivity index (χ0n) is 19.3. The van der Waals surface area contributed by atoms with E-state index in [9.17, 15) is 9.18 Å². The predicted octanol–water partition coefficient (Wildman–Crippen LogP) is 3.65. The minimum atomic E-state index is -0.343. The maximum absolute atomic E-state index is 13.6. The van der Waals surface area contributed by atoms with Gasteiger partial charge in [-0.05, 0) is 55.5 Å². The van der Waals surface area contributed by atoms with Gasteiger partial charge in [0.05, 0.1) is 12.7 Å². The summed E-state index contributed by atoms with van der Waals surface area (Å²) in [6.45, 7) is 4.58. The van der Waals surface area contributed by atoms with Gasteiger partial charge < -0.3 is 20.7 Å². The number of halogens is 1. The molecule has 7 nitrogen and oxygen atoms in total. The van der Waals surface area contributed by atoms with E-state index in [-0.39, 0.29) is 23.2 Å². The Morgan fingerprint density at radius 1 is 1.24 bits per heavy atom. The van der Waals surface area contributed by atoms with Gasteiger partial charge in [0.25, 0.3) is 5.91 Å². The number of nitrogens with zero attached hydrogens (tertiary/aromatic N) is 2. The van der Waals surface area contributed by atoms with Crippen LogP contribution in [-0.4, -0.2) is 38.1 Å². The molecule has 1 aliphatic rings. The topological polar surface area (TPSA) is 98.5 Å². The van der Waals surface area contributed by atoms with E-state index in [1.807, 2.05) is 6.07 Å². The third kappa shape index (κ3) is 6.13. The average Bonchev–Trinajstić information content (AvgIpc) is 2.87. The van der Waals surface area contributed by atoms with Gasteiger partial charge >= 0.3 is 0 Å². The highest BCUT2D eigenvalue weighted by Gasteiger charge is 2.37. The molecule has 2 aromatic rings. The molecule has 0 spiro atoms. The normalized spacial score (nSPS) is 20.0. The second kappa shape index (κ2) is 11.8. The van der Waals surface area contributed by atoms with E-state index in [0.29, 0.717) is 30.4 Å². The molecule has 3 rings (SSSR count). The van der Waals surface area contributed by atoms with Crippen LogP contribution in [0.2, 0.25) is 0 Å². The van der Waals surface area contributed by atoms with E-state index in [4.69, 9.17) is 10.00 Å². The van der Waals surface area contributed by atoms with Crippen LogP contribution in [0.15, 0.2) is 66.2 Å². The number of carbonyl (C=O) groups excluding carboxylic acids is 1. The minimum absolute atomic E-state index is 0.114. The first-order chi connectivity index (χ1) is 16.5. The van der Waals surface area contributed by atoms with Crippen LogP contribution < -0.4 is 20.7 Å². The smallest absolute Gasteiger partial charge is 0.255 e. The van der Waals surface area contributed by atoms with Crippen molar-refractivity contribution < 1.29 is 13.9 Å².